The Morgan fingerprint density at radius 3 is 2.45 bits per heavy atom. The molecule has 0 aliphatic heterocycles. The van der Waals surface area contributed by atoms with E-state index in [1.165, 1.54) is 19.5 Å². The molecule has 7 heteroatoms. The third kappa shape index (κ3) is 6.62. The molecule has 0 aliphatic rings. The summed E-state index contributed by atoms with van der Waals surface area (Å²) in [5.74, 6) is -0.566. The van der Waals surface area contributed by atoms with E-state index in [2.05, 4.69) is 10.6 Å². The fourth-order valence-corrected chi connectivity index (χ4v) is 2.31. The number of urea groups is 1. The van der Waals surface area contributed by atoms with E-state index in [4.69, 9.17) is 4.74 Å². The first-order chi connectivity index (χ1) is 10.4. The summed E-state index contributed by atoms with van der Waals surface area (Å²) in [6.45, 7) is 3.43. The predicted molar refractivity (Wildman–Crippen MR) is 84.7 cm³/mol. The van der Waals surface area contributed by atoms with Crippen molar-refractivity contribution in [2.45, 2.75) is 31.3 Å². The molecule has 3 amide bonds. The molecule has 0 saturated heterocycles. The Bertz CT molecular complexity index is 531. The maximum atomic E-state index is 11.6. The molecule has 0 aromatic heterocycles. The number of nitrogens with one attached hydrogen (secondary N) is 2. The summed E-state index contributed by atoms with van der Waals surface area (Å²) in [5, 5.41) is 4.30. The zero-order valence-corrected chi connectivity index (χ0v) is 13.7. The number of thioether (sulfide) groups is 1. The lowest BCUT2D eigenvalue weighted by Gasteiger charge is -2.12. The normalized spacial score (nSPS) is 11.4. The van der Waals surface area contributed by atoms with E-state index in [1.807, 2.05) is 31.2 Å². The smallest absolute Gasteiger partial charge is 0.321 e. The van der Waals surface area contributed by atoms with Gasteiger partial charge in [0.15, 0.2) is 6.10 Å². The van der Waals surface area contributed by atoms with Crippen LogP contribution in [-0.2, 0) is 14.3 Å². The summed E-state index contributed by atoms with van der Waals surface area (Å²) in [7, 11) is 1.39. The number of hydrogen-bond acceptors (Lipinski definition) is 5. The monoisotopic (exact) mass is 324 g/mol. The number of hydrogen-bond donors (Lipinski definition) is 2. The van der Waals surface area contributed by atoms with Crippen LogP contribution < -0.4 is 10.6 Å². The number of imide groups is 1. The minimum Gasteiger partial charge on any atom is -0.453 e. The van der Waals surface area contributed by atoms with Crippen LogP contribution in [0.1, 0.15) is 18.9 Å². The summed E-state index contributed by atoms with van der Waals surface area (Å²) in [5.41, 5.74) is 1.18. The first-order valence-corrected chi connectivity index (χ1v) is 7.82. The van der Waals surface area contributed by atoms with Crippen LogP contribution in [0.5, 0.6) is 0 Å². The summed E-state index contributed by atoms with van der Waals surface area (Å²) in [6.07, 6.45) is -0.815. The lowest BCUT2D eigenvalue weighted by molar-refractivity contribution is -0.154. The maximum absolute atomic E-state index is 11.6. The highest BCUT2D eigenvalue weighted by Crippen LogP contribution is 2.19. The van der Waals surface area contributed by atoms with Gasteiger partial charge in [-0.05, 0) is 26.0 Å². The second-order valence-electron chi connectivity index (χ2n) is 4.61. The van der Waals surface area contributed by atoms with E-state index in [0.29, 0.717) is 5.75 Å². The van der Waals surface area contributed by atoms with Crippen molar-refractivity contribution < 1.29 is 19.1 Å². The molecule has 0 radical (unpaired) electrons. The van der Waals surface area contributed by atoms with E-state index < -0.39 is 24.0 Å². The van der Waals surface area contributed by atoms with Crippen LogP contribution >= 0.6 is 11.8 Å². The van der Waals surface area contributed by atoms with Crippen molar-refractivity contribution >= 4 is 29.7 Å². The van der Waals surface area contributed by atoms with Gasteiger partial charge in [-0.2, -0.15) is 0 Å². The first-order valence-electron chi connectivity index (χ1n) is 6.84. The van der Waals surface area contributed by atoms with Crippen molar-refractivity contribution in [3.8, 4) is 0 Å². The van der Waals surface area contributed by atoms with Gasteiger partial charge in [0, 0.05) is 17.7 Å². The van der Waals surface area contributed by atoms with Gasteiger partial charge in [-0.3, -0.25) is 14.9 Å². The molecule has 0 spiro atoms. The van der Waals surface area contributed by atoms with Gasteiger partial charge in [0.05, 0.1) is 6.42 Å². The van der Waals surface area contributed by atoms with Gasteiger partial charge >= 0.3 is 12.0 Å². The molecule has 2 N–H and O–H groups in total. The molecular weight excluding hydrogens is 304 g/mol. The van der Waals surface area contributed by atoms with Crippen LogP contribution in [0.4, 0.5) is 4.79 Å². The van der Waals surface area contributed by atoms with Crippen LogP contribution in [0.2, 0.25) is 0 Å². The minimum atomic E-state index is -1.01. The van der Waals surface area contributed by atoms with Crippen molar-refractivity contribution in [3.63, 3.8) is 0 Å². The number of benzene rings is 1. The van der Waals surface area contributed by atoms with Gasteiger partial charge in [0.2, 0.25) is 0 Å². The predicted octanol–water partition coefficient (Wildman–Crippen LogP) is 1.86. The lowest BCUT2D eigenvalue weighted by Crippen LogP contribution is -2.43. The van der Waals surface area contributed by atoms with Gasteiger partial charge in [-0.25, -0.2) is 4.79 Å². The zero-order valence-electron chi connectivity index (χ0n) is 12.8. The number of ether oxygens (including phenoxy) is 1. The molecule has 1 aromatic carbocycles. The number of carbonyl (C=O) groups is 3. The molecule has 0 saturated carbocycles. The lowest BCUT2D eigenvalue weighted by atomic mass is 10.2. The van der Waals surface area contributed by atoms with Crippen LogP contribution in [0.3, 0.4) is 0 Å². The number of aryl methyl sites for hydroxylation is 1. The largest absolute Gasteiger partial charge is 0.453 e. The molecule has 120 valence electrons. The van der Waals surface area contributed by atoms with Crippen molar-refractivity contribution in [2.24, 2.45) is 0 Å². The Hall–Kier alpha value is -2.02. The van der Waals surface area contributed by atoms with Gasteiger partial charge in [0.25, 0.3) is 5.91 Å². The molecule has 0 heterocycles. The van der Waals surface area contributed by atoms with Crippen molar-refractivity contribution in [1.29, 1.82) is 0 Å². The number of amides is 3. The highest BCUT2D eigenvalue weighted by atomic mass is 32.2. The Morgan fingerprint density at radius 1 is 1.23 bits per heavy atom. The molecule has 0 bridgehead atoms. The average Bonchev–Trinajstić information content (AvgIpc) is 2.49. The summed E-state index contributed by atoms with van der Waals surface area (Å²) in [4.78, 5) is 35.2. The second-order valence-corrected chi connectivity index (χ2v) is 5.78. The van der Waals surface area contributed by atoms with Gasteiger partial charge in [-0.15, -0.1) is 11.8 Å². The fraction of sp³-hybridized carbons (Fsp3) is 0.400. The number of carbonyl (C=O) groups excluding carboxylic acids is 3. The summed E-state index contributed by atoms with van der Waals surface area (Å²) >= 11 is 1.54. The van der Waals surface area contributed by atoms with E-state index in [1.54, 1.807) is 11.8 Å². The Balaban J connectivity index is 2.29. The van der Waals surface area contributed by atoms with Crippen LogP contribution in [0.25, 0.3) is 0 Å². The standard InChI is InChI=1S/C15H20N2O4S/c1-10-4-6-12(7-5-10)22-9-8-13(18)21-11(2)14(19)17-15(20)16-3/h4-7,11H,8-9H2,1-3H3,(H2,16,17,19,20)/t11-/m1/s1. The number of esters is 1. The molecule has 0 unspecified atom stereocenters. The Morgan fingerprint density at radius 2 is 1.86 bits per heavy atom. The third-order valence-electron chi connectivity index (χ3n) is 2.74. The molecule has 22 heavy (non-hydrogen) atoms. The maximum Gasteiger partial charge on any atom is 0.321 e. The number of rotatable bonds is 6. The first kappa shape index (κ1) is 18.0. The van der Waals surface area contributed by atoms with Crippen LogP contribution in [-0.4, -0.2) is 36.8 Å². The third-order valence-corrected chi connectivity index (χ3v) is 3.75. The summed E-state index contributed by atoms with van der Waals surface area (Å²) in [6, 6.07) is 7.36. The highest BCUT2D eigenvalue weighted by molar-refractivity contribution is 7.99. The van der Waals surface area contributed by atoms with Gasteiger partial charge in [-0.1, -0.05) is 17.7 Å². The SMILES string of the molecule is CNC(=O)NC(=O)[C@@H](C)OC(=O)CCSc1ccc(C)cc1. The molecule has 6 nitrogen and oxygen atoms in total. The van der Waals surface area contributed by atoms with Crippen molar-refractivity contribution in [3.05, 3.63) is 29.8 Å². The summed E-state index contributed by atoms with van der Waals surface area (Å²) < 4.78 is 4.97. The van der Waals surface area contributed by atoms with E-state index in [9.17, 15) is 14.4 Å². The average molecular weight is 324 g/mol. The molecular formula is C15H20N2O4S. The van der Waals surface area contributed by atoms with E-state index in [-0.39, 0.29) is 6.42 Å². The van der Waals surface area contributed by atoms with Crippen LogP contribution in [0, 0.1) is 6.92 Å². The van der Waals surface area contributed by atoms with Gasteiger partial charge in [0.1, 0.15) is 0 Å². The fourth-order valence-electron chi connectivity index (χ4n) is 1.47. The second kappa shape index (κ2) is 9.09. The molecule has 0 fully saturated rings. The van der Waals surface area contributed by atoms with Crippen LogP contribution in [0.15, 0.2) is 29.2 Å². The minimum absolute atomic E-state index is 0.191. The van der Waals surface area contributed by atoms with E-state index >= 15 is 0 Å². The van der Waals surface area contributed by atoms with E-state index in [0.717, 1.165) is 4.90 Å². The molecule has 1 rings (SSSR count). The van der Waals surface area contributed by atoms with Gasteiger partial charge < -0.3 is 10.1 Å². The zero-order chi connectivity index (χ0) is 16.5. The Labute approximate surface area is 134 Å². The quantitative estimate of drug-likeness (QED) is 0.616. The molecule has 1 aromatic rings. The molecule has 0 aliphatic carbocycles. The molecule has 1 atom stereocenters. The van der Waals surface area contributed by atoms with Crippen molar-refractivity contribution in [2.75, 3.05) is 12.8 Å². The Kier molecular flexibility index (Phi) is 7.45. The highest BCUT2D eigenvalue weighted by Gasteiger charge is 2.19. The van der Waals surface area contributed by atoms with Crippen molar-refractivity contribution in [1.82, 2.24) is 10.6 Å². The topological polar surface area (TPSA) is 84.5 Å².